The zero-order valence-electron chi connectivity index (χ0n) is 8.35. The molecule has 2 rings (SSSR count). The Morgan fingerprint density at radius 3 is 2.86 bits per heavy atom. The monoisotopic (exact) mass is 211 g/mol. The summed E-state index contributed by atoms with van der Waals surface area (Å²) in [6.45, 7) is 4.32. The van der Waals surface area contributed by atoms with Gasteiger partial charge in [0, 0.05) is 17.6 Å². The Morgan fingerprint density at radius 1 is 1.50 bits per heavy atom. The average molecular weight is 211 g/mol. The van der Waals surface area contributed by atoms with Gasteiger partial charge in [-0.1, -0.05) is 0 Å². The average Bonchev–Trinajstić information content (AvgIpc) is 2.72. The van der Waals surface area contributed by atoms with Gasteiger partial charge in [-0.3, -0.25) is 9.88 Å². The summed E-state index contributed by atoms with van der Waals surface area (Å²) in [5.74, 6) is 0.757. The second-order valence-corrected chi connectivity index (χ2v) is 4.89. The number of aromatic nitrogens is 1. The lowest BCUT2D eigenvalue weighted by Gasteiger charge is -2.30. The summed E-state index contributed by atoms with van der Waals surface area (Å²) in [4.78, 5) is 7.96. The number of hydrogen-bond donors (Lipinski definition) is 1. The van der Waals surface area contributed by atoms with Gasteiger partial charge in [-0.25, -0.2) is 0 Å². The second-order valence-electron chi connectivity index (χ2n) is 3.92. The van der Waals surface area contributed by atoms with Crippen LogP contribution in [0.15, 0.2) is 11.7 Å². The van der Waals surface area contributed by atoms with Crippen LogP contribution in [-0.2, 0) is 6.54 Å². The second kappa shape index (κ2) is 4.87. The summed E-state index contributed by atoms with van der Waals surface area (Å²) >= 11 is 1.75. The topological polar surface area (TPSA) is 42.1 Å². The molecule has 1 aliphatic rings. The van der Waals surface area contributed by atoms with E-state index in [-0.39, 0.29) is 0 Å². The van der Waals surface area contributed by atoms with Gasteiger partial charge in [0.25, 0.3) is 0 Å². The summed E-state index contributed by atoms with van der Waals surface area (Å²) in [6.07, 6.45) is 4.49. The van der Waals surface area contributed by atoms with Crippen LogP contribution in [0.4, 0.5) is 0 Å². The fourth-order valence-corrected chi connectivity index (χ4v) is 2.56. The first kappa shape index (κ1) is 10.1. The van der Waals surface area contributed by atoms with Gasteiger partial charge >= 0.3 is 0 Å². The highest BCUT2D eigenvalue weighted by molar-refractivity contribution is 7.09. The molecule has 14 heavy (non-hydrogen) atoms. The quantitative estimate of drug-likeness (QED) is 0.820. The number of nitrogens with two attached hydrogens (primary N) is 1. The fraction of sp³-hybridized carbons (Fsp3) is 0.700. The van der Waals surface area contributed by atoms with E-state index in [1.54, 1.807) is 11.3 Å². The van der Waals surface area contributed by atoms with E-state index in [1.165, 1.54) is 30.8 Å². The Balaban J connectivity index is 1.79. The van der Waals surface area contributed by atoms with Crippen molar-refractivity contribution in [1.82, 2.24) is 9.88 Å². The third-order valence-corrected chi connectivity index (χ3v) is 3.67. The first-order valence-corrected chi connectivity index (χ1v) is 6.06. The minimum atomic E-state index is 0.757. The molecule has 0 aliphatic carbocycles. The molecule has 0 amide bonds. The van der Waals surface area contributed by atoms with E-state index in [4.69, 9.17) is 5.73 Å². The van der Waals surface area contributed by atoms with Gasteiger partial charge in [-0.2, -0.15) is 0 Å². The molecular weight excluding hydrogens is 194 g/mol. The molecule has 2 N–H and O–H groups in total. The molecule has 1 aromatic heterocycles. The molecule has 0 bridgehead atoms. The summed E-state index contributed by atoms with van der Waals surface area (Å²) in [5, 5.41) is 0. The summed E-state index contributed by atoms with van der Waals surface area (Å²) in [5.41, 5.74) is 7.56. The SMILES string of the molecule is NCC1CCN(Cc2cncs2)CC1. The number of rotatable bonds is 3. The highest BCUT2D eigenvalue weighted by Gasteiger charge is 2.17. The van der Waals surface area contributed by atoms with Crippen LogP contribution in [-0.4, -0.2) is 29.5 Å². The van der Waals surface area contributed by atoms with Crippen LogP contribution in [0.1, 0.15) is 17.7 Å². The molecule has 0 saturated carbocycles. The van der Waals surface area contributed by atoms with Crippen LogP contribution in [0.5, 0.6) is 0 Å². The third kappa shape index (κ3) is 2.53. The molecule has 0 atom stereocenters. The maximum absolute atomic E-state index is 5.66. The molecule has 1 aliphatic heterocycles. The van der Waals surface area contributed by atoms with E-state index in [0.29, 0.717) is 0 Å². The Morgan fingerprint density at radius 2 is 2.29 bits per heavy atom. The molecule has 2 heterocycles. The summed E-state index contributed by atoms with van der Waals surface area (Å²) < 4.78 is 0. The first-order chi connectivity index (χ1) is 6.88. The molecule has 3 nitrogen and oxygen atoms in total. The van der Waals surface area contributed by atoms with E-state index < -0.39 is 0 Å². The molecular formula is C10H17N3S. The molecule has 1 aromatic rings. The molecule has 0 radical (unpaired) electrons. The van der Waals surface area contributed by atoms with Crippen LogP contribution in [0.2, 0.25) is 0 Å². The van der Waals surface area contributed by atoms with Gasteiger partial charge in [0.15, 0.2) is 0 Å². The van der Waals surface area contributed by atoms with Crippen molar-refractivity contribution in [3.05, 3.63) is 16.6 Å². The number of piperidine rings is 1. The van der Waals surface area contributed by atoms with Crippen molar-refractivity contribution < 1.29 is 0 Å². The number of nitrogens with zero attached hydrogens (tertiary/aromatic N) is 2. The Bertz CT molecular complexity index is 252. The molecule has 4 heteroatoms. The number of hydrogen-bond acceptors (Lipinski definition) is 4. The summed E-state index contributed by atoms with van der Waals surface area (Å²) in [7, 11) is 0. The van der Waals surface area contributed by atoms with Crippen molar-refractivity contribution >= 4 is 11.3 Å². The minimum absolute atomic E-state index is 0.757. The predicted octanol–water partition coefficient (Wildman–Crippen LogP) is 1.31. The van der Waals surface area contributed by atoms with Gasteiger partial charge in [0.2, 0.25) is 0 Å². The van der Waals surface area contributed by atoms with Crippen LogP contribution in [0.25, 0.3) is 0 Å². The van der Waals surface area contributed by atoms with Gasteiger partial charge < -0.3 is 5.73 Å². The predicted molar refractivity (Wildman–Crippen MR) is 59.2 cm³/mol. The lowest BCUT2D eigenvalue weighted by Crippen LogP contribution is -2.35. The molecule has 78 valence electrons. The van der Waals surface area contributed by atoms with Crippen molar-refractivity contribution in [1.29, 1.82) is 0 Å². The van der Waals surface area contributed by atoms with E-state index >= 15 is 0 Å². The maximum atomic E-state index is 5.66. The Kier molecular flexibility index (Phi) is 3.50. The lowest BCUT2D eigenvalue weighted by molar-refractivity contribution is 0.182. The van der Waals surface area contributed by atoms with E-state index in [1.807, 2.05) is 11.7 Å². The normalized spacial score (nSPS) is 20.1. The Hall–Kier alpha value is -0.450. The van der Waals surface area contributed by atoms with Crippen LogP contribution >= 0.6 is 11.3 Å². The van der Waals surface area contributed by atoms with Crippen molar-refractivity contribution in [2.45, 2.75) is 19.4 Å². The van der Waals surface area contributed by atoms with Crippen molar-refractivity contribution in [3.63, 3.8) is 0 Å². The van der Waals surface area contributed by atoms with Crippen LogP contribution in [0.3, 0.4) is 0 Å². The number of thiazole rings is 1. The van der Waals surface area contributed by atoms with E-state index in [9.17, 15) is 0 Å². The number of likely N-dealkylation sites (tertiary alicyclic amines) is 1. The molecule has 0 unspecified atom stereocenters. The highest BCUT2D eigenvalue weighted by atomic mass is 32.1. The van der Waals surface area contributed by atoms with E-state index in [2.05, 4.69) is 9.88 Å². The zero-order valence-corrected chi connectivity index (χ0v) is 9.17. The van der Waals surface area contributed by atoms with Crippen molar-refractivity contribution in [3.8, 4) is 0 Å². The van der Waals surface area contributed by atoms with Gasteiger partial charge in [-0.15, -0.1) is 11.3 Å². The molecule has 0 aromatic carbocycles. The van der Waals surface area contributed by atoms with Crippen molar-refractivity contribution in [2.75, 3.05) is 19.6 Å². The lowest BCUT2D eigenvalue weighted by atomic mass is 9.97. The molecule has 1 saturated heterocycles. The van der Waals surface area contributed by atoms with Crippen LogP contribution < -0.4 is 5.73 Å². The van der Waals surface area contributed by atoms with Gasteiger partial charge in [0.1, 0.15) is 0 Å². The summed E-state index contributed by atoms with van der Waals surface area (Å²) in [6, 6.07) is 0. The fourth-order valence-electron chi connectivity index (χ4n) is 1.92. The zero-order chi connectivity index (χ0) is 9.80. The highest BCUT2D eigenvalue weighted by Crippen LogP contribution is 2.18. The van der Waals surface area contributed by atoms with Gasteiger partial charge in [-0.05, 0) is 38.4 Å². The first-order valence-electron chi connectivity index (χ1n) is 5.18. The standard InChI is InChI=1S/C10H17N3S/c11-5-9-1-3-13(4-2-9)7-10-6-12-8-14-10/h6,8-9H,1-5,7,11H2. The molecule has 1 fully saturated rings. The van der Waals surface area contributed by atoms with Gasteiger partial charge in [0.05, 0.1) is 5.51 Å². The Labute approximate surface area is 88.9 Å². The molecule has 0 spiro atoms. The maximum Gasteiger partial charge on any atom is 0.0794 e. The third-order valence-electron chi connectivity index (χ3n) is 2.90. The van der Waals surface area contributed by atoms with Crippen LogP contribution in [0, 0.1) is 5.92 Å². The largest absolute Gasteiger partial charge is 0.330 e. The van der Waals surface area contributed by atoms with Crippen molar-refractivity contribution in [2.24, 2.45) is 11.7 Å². The minimum Gasteiger partial charge on any atom is -0.330 e. The smallest absolute Gasteiger partial charge is 0.0794 e. The van der Waals surface area contributed by atoms with E-state index in [0.717, 1.165) is 19.0 Å².